The van der Waals surface area contributed by atoms with Crippen molar-refractivity contribution in [2.24, 2.45) is 0 Å². The van der Waals surface area contributed by atoms with Crippen LogP contribution in [0.2, 0.25) is 0 Å². The minimum absolute atomic E-state index is 0.123. The fourth-order valence-corrected chi connectivity index (χ4v) is 2.51. The number of hydrogen-bond acceptors (Lipinski definition) is 8. The minimum Gasteiger partial charge on any atom is -0.438 e. The van der Waals surface area contributed by atoms with Gasteiger partial charge in [0.2, 0.25) is 5.76 Å². The van der Waals surface area contributed by atoms with Crippen LogP contribution >= 0.6 is 0 Å². The van der Waals surface area contributed by atoms with Crippen LogP contribution in [0.3, 0.4) is 0 Å². The van der Waals surface area contributed by atoms with Crippen LogP contribution in [0, 0.1) is 0 Å². The van der Waals surface area contributed by atoms with Gasteiger partial charge in [0.25, 0.3) is 5.91 Å². The van der Waals surface area contributed by atoms with Crippen molar-refractivity contribution >= 4 is 17.5 Å². The number of anilines is 2. The first-order chi connectivity index (χ1) is 11.1. The van der Waals surface area contributed by atoms with Crippen LogP contribution in [0.4, 0.5) is 11.6 Å². The molecule has 9 heteroatoms. The Morgan fingerprint density at radius 2 is 2.39 bits per heavy atom. The Bertz CT molecular complexity index is 677. The number of nitrogens with zero attached hydrogens (tertiary/aromatic N) is 4. The Hall–Kier alpha value is -2.68. The summed E-state index contributed by atoms with van der Waals surface area (Å²) in [6.45, 7) is 1.16. The monoisotopic (exact) mass is 318 g/mol. The van der Waals surface area contributed by atoms with Crippen molar-refractivity contribution in [3.63, 3.8) is 0 Å². The molecule has 3 heterocycles. The number of β-amino-alcohol motifs (C(OH)–C–C–N with tert-alkyl or cyclic N) is 1. The molecule has 1 unspecified atom stereocenters. The van der Waals surface area contributed by atoms with E-state index in [9.17, 15) is 9.90 Å². The quantitative estimate of drug-likeness (QED) is 0.698. The molecule has 2 aromatic rings. The number of nitrogens with one attached hydrogen (secondary N) is 2. The zero-order valence-corrected chi connectivity index (χ0v) is 12.7. The maximum atomic E-state index is 11.8. The SMILES string of the molecule is CNc1cc(N2CCC(O)(CNC(=O)c3cnco3)C2)ncn1. The van der Waals surface area contributed by atoms with Gasteiger partial charge in [0.15, 0.2) is 6.39 Å². The molecular weight excluding hydrogens is 300 g/mol. The van der Waals surface area contributed by atoms with Gasteiger partial charge >= 0.3 is 0 Å². The largest absolute Gasteiger partial charge is 0.438 e. The van der Waals surface area contributed by atoms with E-state index in [2.05, 4.69) is 25.6 Å². The van der Waals surface area contributed by atoms with Crippen molar-refractivity contribution in [2.45, 2.75) is 12.0 Å². The molecule has 2 aromatic heterocycles. The zero-order chi connectivity index (χ0) is 16.3. The van der Waals surface area contributed by atoms with E-state index in [1.54, 1.807) is 7.05 Å². The molecule has 9 nitrogen and oxygen atoms in total. The molecule has 1 aliphatic rings. The van der Waals surface area contributed by atoms with Crippen LogP contribution in [0.25, 0.3) is 0 Å². The Morgan fingerprint density at radius 3 is 3.13 bits per heavy atom. The van der Waals surface area contributed by atoms with Crippen molar-refractivity contribution in [3.8, 4) is 0 Å². The van der Waals surface area contributed by atoms with E-state index in [0.717, 1.165) is 5.82 Å². The first-order valence-electron chi connectivity index (χ1n) is 7.23. The molecule has 0 saturated carbocycles. The highest BCUT2D eigenvalue weighted by Crippen LogP contribution is 2.25. The number of hydrogen-bond donors (Lipinski definition) is 3. The Morgan fingerprint density at radius 1 is 1.52 bits per heavy atom. The van der Waals surface area contributed by atoms with Gasteiger partial charge in [-0.15, -0.1) is 0 Å². The van der Waals surface area contributed by atoms with Crippen LogP contribution in [0.15, 0.2) is 29.4 Å². The van der Waals surface area contributed by atoms with Gasteiger partial charge in [-0.05, 0) is 6.42 Å². The maximum absolute atomic E-state index is 11.8. The van der Waals surface area contributed by atoms with Crippen molar-refractivity contribution < 1.29 is 14.3 Å². The number of amides is 1. The molecule has 1 fully saturated rings. The average Bonchev–Trinajstić information content (AvgIpc) is 3.23. The topological polar surface area (TPSA) is 116 Å². The number of oxazole rings is 1. The smallest absolute Gasteiger partial charge is 0.288 e. The Kier molecular flexibility index (Phi) is 4.11. The summed E-state index contributed by atoms with van der Waals surface area (Å²) >= 11 is 0. The molecule has 3 rings (SSSR count). The van der Waals surface area contributed by atoms with E-state index in [-0.39, 0.29) is 12.3 Å². The normalized spacial score (nSPS) is 20.5. The van der Waals surface area contributed by atoms with Gasteiger partial charge in [0.1, 0.15) is 23.6 Å². The van der Waals surface area contributed by atoms with E-state index in [1.165, 1.54) is 18.9 Å². The second-order valence-corrected chi connectivity index (χ2v) is 5.46. The second kappa shape index (κ2) is 6.21. The van der Waals surface area contributed by atoms with Crippen LogP contribution in [-0.4, -0.2) is 58.2 Å². The molecule has 0 radical (unpaired) electrons. The van der Waals surface area contributed by atoms with Crippen LogP contribution in [-0.2, 0) is 0 Å². The number of carbonyl (C=O) groups excluding carboxylic acids is 1. The second-order valence-electron chi connectivity index (χ2n) is 5.46. The first-order valence-corrected chi connectivity index (χ1v) is 7.23. The van der Waals surface area contributed by atoms with Crippen LogP contribution in [0.5, 0.6) is 0 Å². The summed E-state index contributed by atoms with van der Waals surface area (Å²) in [6.07, 6.45) is 4.53. The predicted octanol–water partition coefficient (Wildman–Crippen LogP) is -0.123. The van der Waals surface area contributed by atoms with Crippen molar-refractivity contribution in [3.05, 3.63) is 30.7 Å². The fraction of sp³-hybridized carbons (Fsp3) is 0.429. The number of aliphatic hydroxyl groups is 1. The third kappa shape index (κ3) is 3.39. The summed E-state index contributed by atoms with van der Waals surface area (Å²) in [6, 6.07) is 1.82. The highest BCUT2D eigenvalue weighted by molar-refractivity contribution is 5.91. The number of aromatic nitrogens is 3. The average molecular weight is 318 g/mol. The highest BCUT2D eigenvalue weighted by Gasteiger charge is 2.37. The zero-order valence-electron chi connectivity index (χ0n) is 12.7. The molecule has 1 atom stereocenters. The molecule has 1 amide bonds. The van der Waals surface area contributed by atoms with Crippen LogP contribution < -0.4 is 15.5 Å². The summed E-state index contributed by atoms with van der Waals surface area (Å²) in [7, 11) is 1.78. The molecule has 1 aliphatic heterocycles. The van der Waals surface area contributed by atoms with E-state index in [1.807, 2.05) is 11.0 Å². The summed E-state index contributed by atoms with van der Waals surface area (Å²) in [5.74, 6) is 1.18. The third-order valence-electron chi connectivity index (χ3n) is 3.80. The molecular formula is C14H18N6O3. The van der Waals surface area contributed by atoms with Gasteiger partial charge < -0.3 is 25.1 Å². The lowest BCUT2D eigenvalue weighted by atomic mass is 10.0. The van der Waals surface area contributed by atoms with Crippen molar-refractivity contribution in [1.29, 1.82) is 0 Å². The lowest BCUT2D eigenvalue weighted by Crippen LogP contribution is -2.45. The molecule has 1 saturated heterocycles. The molecule has 0 aromatic carbocycles. The van der Waals surface area contributed by atoms with Gasteiger partial charge in [0.05, 0.1) is 6.20 Å². The Labute approximate surface area is 132 Å². The van der Waals surface area contributed by atoms with Crippen molar-refractivity contribution in [1.82, 2.24) is 20.3 Å². The van der Waals surface area contributed by atoms with Gasteiger partial charge in [-0.3, -0.25) is 4.79 Å². The summed E-state index contributed by atoms with van der Waals surface area (Å²) < 4.78 is 4.92. The maximum Gasteiger partial charge on any atom is 0.288 e. The van der Waals surface area contributed by atoms with Crippen LogP contribution in [0.1, 0.15) is 17.0 Å². The number of rotatable bonds is 5. The van der Waals surface area contributed by atoms with Gasteiger partial charge in [-0.1, -0.05) is 0 Å². The molecule has 0 aliphatic carbocycles. The lowest BCUT2D eigenvalue weighted by Gasteiger charge is -2.24. The highest BCUT2D eigenvalue weighted by atomic mass is 16.3. The predicted molar refractivity (Wildman–Crippen MR) is 82.2 cm³/mol. The van der Waals surface area contributed by atoms with E-state index >= 15 is 0 Å². The number of carbonyl (C=O) groups is 1. The fourth-order valence-electron chi connectivity index (χ4n) is 2.51. The van der Waals surface area contributed by atoms with E-state index in [0.29, 0.717) is 25.3 Å². The molecule has 3 N–H and O–H groups in total. The molecule has 122 valence electrons. The van der Waals surface area contributed by atoms with E-state index < -0.39 is 11.5 Å². The van der Waals surface area contributed by atoms with Crippen molar-refractivity contribution in [2.75, 3.05) is 36.9 Å². The lowest BCUT2D eigenvalue weighted by molar-refractivity contribution is 0.0567. The summed E-state index contributed by atoms with van der Waals surface area (Å²) in [5.41, 5.74) is -1.01. The minimum atomic E-state index is -1.01. The molecule has 23 heavy (non-hydrogen) atoms. The van der Waals surface area contributed by atoms with E-state index in [4.69, 9.17) is 4.42 Å². The molecule has 0 bridgehead atoms. The summed E-state index contributed by atoms with van der Waals surface area (Å²) in [4.78, 5) is 25.8. The standard InChI is InChI=1S/C14H18N6O3/c1-15-11-4-12(19-8-18-11)20-3-2-14(22,7-20)6-17-13(21)10-5-16-9-23-10/h4-5,8-9,22H,2-3,6-7H2,1H3,(H,17,21)(H,15,18,19). The molecule has 0 spiro atoms. The van der Waals surface area contributed by atoms with Gasteiger partial charge in [-0.2, -0.15) is 0 Å². The first kappa shape index (κ1) is 15.2. The van der Waals surface area contributed by atoms with Gasteiger partial charge in [0, 0.05) is 32.7 Å². The third-order valence-corrected chi connectivity index (χ3v) is 3.80. The summed E-state index contributed by atoms with van der Waals surface area (Å²) in [5, 5.41) is 16.3. The van der Waals surface area contributed by atoms with Gasteiger partial charge in [-0.25, -0.2) is 15.0 Å². The Balaban J connectivity index is 1.60.